The largest absolute Gasteiger partial charge is 0.381 e. The first kappa shape index (κ1) is 22.1. The van der Waals surface area contributed by atoms with E-state index >= 15 is 0 Å². The maximum Gasteiger partial charge on any atom is 0.191 e. The van der Waals surface area contributed by atoms with Crippen LogP contribution in [0.3, 0.4) is 0 Å². The maximum atomic E-state index is 6.12. The molecule has 2 N–H and O–H groups in total. The van der Waals surface area contributed by atoms with Crippen LogP contribution < -0.4 is 10.6 Å². The van der Waals surface area contributed by atoms with Gasteiger partial charge in [0.2, 0.25) is 0 Å². The topological polar surface area (TPSA) is 48.9 Å². The highest BCUT2D eigenvalue weighted by molar-refractivity contribution is 14.0. The highest BCUT2D eigenvalue weighted by atomic mass is 127. The molecule has 3 fully saturated rings. The van der Waals surface area contributed by atoms with Gasteiger partial charge >= 0.3 is 0 Å². The summed E-state index contributed by atoms with van der Waals surface area (Å²) in [5.41, 5.74) is 1.32. The Morgan fingerprint density at radius 1 is 1.25 bits per heavy atom. The van der Waals surface area contributed by atoms with Crippen LogP contribution in [0.4, 0.5) is 0 Å². The number of guanidine groups is 1. The van der Waals surface area contributed by atoms with E-state index in [9.17, 15) is 0 Å². The van der Waals surface area contributed by atoms with Crippen LogP contribution in [0.25, 0.3) is 0 Å². The minimum absolute atomic E-state index is 0. The van der Waals surface area contributed by atoms with Gasteiger partial charge in [-0.15, -0.1) is 24.0 Å². The van der Waals surface area contributed by atoms with Crippen molar-refractivity contribution < 1.29 is 4.74 Å². The van der Waals surface area contributed by atoms with E-state index in [4.69, 9.17) is 16.3 Å². The van der Waals surface area contributed by atoms with Gasteiger partial charge in [0.15, 0.2) is 5.96 Å². The molecule has 3 atom stereocenters. The van der Waals surface area contributed by atoms with E-state index in [2.05, 4.69) is 32.7 Å². The first-order chi connectivity index (χ1) is 13.2. The summed E-state index contributed by atoms with van der Waals surface area (Å²) < 4.78 is 5.51. The van der Waals surface area contributed by atoms with Gasteiger partial charge in [0.05, 0.1) is 6.61 Å². The second kappa shape index (κ2) is 10.5. The number of benzene rings is 1. The lowest BCUT2D eigenvalue weighted by Crippen LogP contribution is -2.49. The lowest BCUT2D eigenvalue weighted by molar-refractivity contribution is 0.150. The number of rotatable bonds is 5. The van der Waals surface area contributed by atoms with Gasteiger partial charge in [-0.25, -0.2) is 0 Å². The molecule has 1 aromatic carbocycles. The molecule has 1 aromatic rings. The summed E-state index contributed by atoms with van der Waals surface area (Å²) in [4.78, 5) is 7.05. The molecule has 3 unspecified atom stereocenters. The Labute approximate surface area is 190 Å². The molecule has 7 heteroatoms. The maximum absolute atomic E-state index is 6.12. The summed E-state index contributed by atoms with van der Waals surface area (Å²) in [7, 11) is 1.86. The second-order valence-electron chi connectivity index (χ2n) is 8.17. The molecule has 2 aliphatic heterocycles. The SMILES string of the molecule is CN=C(NC1CCN(CC2CCOC2)CC1)NC1CC1c1cccc(Cl)c1.I. The van der Waals surface area contributed by atoms with Gasteiger partial charge in [-0.1, -0.05) is 23.7 Å². The summed E-state index contributed by atoms with van der Waals surface area (Å²) in [6.45, 7) is 5.43. The number of hydrogen-bond acceptors (Lipinski definition) is 3. The number of ether oxygens (including phenoxy) is 1. The van der Waals surface area contributed by atoms with E-state index in [1.54, 1.807) is 0 Å². The minimum Gasteiger partial charge on any atom is -0.381 e. The zero-order valence-electron chi connectivity index (χ0n) is 16.6. The fraction of sp³-hybridized carbons (Fsp3) is 0.667. The number of aliphatic imine (C=N–C) groups is 1. The van der Waals surface area contributed by atoms with Gasteiger partial charge < -0.3 is 20.3 Å². The van der Waals surface area contributed by atoms with Crippen LogP contribution in [-0.4, -0.2) is 62.8 Å². The van der Waals surface area contributed by atoms with Crippen molar-refractivity contribution in [2.24, 2.45) is 10.9 Å². The average Bonchev–Trinajstić information content (AvgIpc) is 3.26. The van der Waals surface area contributed by atoms with Gasteiger partial charge in [0.1, 0.15) is 0 Å². The molecule has 2 heterocycles. The average molecular weight is 519 g/mol. The van der Waals surface area contributed by atoms with Crippen LogP contribution >= 0.6 is 35.6 Å². The molecule has 28 heavy (non-hydrogen) atoms. The zero-order valence-corrected chi connectivity index (χ0v) is 19.7. The van der Waals surface area contributed by atoms with Crippen molar-refractivity contribution >= 4 is 41.5 Å². The van der Waals surface area contributed by atoms with E-state index in [-0.39, 0.29) is 24.0 Å². The van der Waals surface area contributed by atoms with Gasteiger partial charge in [0, 0.05) is 56.3 Å². The minimum atomic E-state index is 0. The van der Waals surface area contributed by atoms with E-state index in [0.29, 0.717) is 18.0 Å². The standard InChI is InChI=1S/C21H31ClN4O.HI/c1-23-21(25-20-12-19(20)16-3-2-4-17(22)11-16)24-18-5-8-26(9-6-18)13-15-7-10-27-14-15;/h2-4,11,15,18-20H,5-10,12-14H2,1H3,(H2,23,24,25);1H. The van der Waals surface area contributed by atoms with Crippen LogP contribution in [0.1, 0.15) is 37.2 Å². The van der Waals surface area contributed by atoms with Crippen LogP contribution in [0.15, 0.2) is 29.3 Å². The molecule has 4 rings (SSSR count). The Bertz CT molecular complexity index is 660. The van der Waals surface area contributed by atoms with Crippen LogP contribution in [0.2, 0.25) is 5.02 Å². The van der Waals surface area contributed by atoms with Crippen LogP contribution in [0, 0.1) is 5.92 Å². The monoisotopic (exact) mass is 518 g/mol. The van der Waals surface area contributed by atoms with Crippen molar-refractivity contribution in [1.29, 1.82) is 0 Å². The normalized spacial score (nSPS) is 28.6. The van der Waals surface area contributed by atoms with Crippen LogP contribution in [-0.2, 0) is 4.74 Å². The zero-order chi connectivity index (χ0) is 18.6. The van der Waals surface area contributed by atoms with Crippen molar-refractivity contribution in [2.75, 3.05) is 39.9 Å². The molecule has 3 aliphatic rings. The molecule has 0 radical (unpaired) electrons. The number of halogens is 2. The Kier molecular flexibility index (Phi) is 8.26. The number of hydrogen-bond donors (Lipinski definition) is 2. The number of nitrogens with one attached hydrogen (secondary N) is 2. The van der Waals surface area contributed by atoms with Crippen molar-refractivity contribution in [3.8, 4) is 0 Å². The molecule has 2 saturated heterocycles. The predicted molar refractivity (Wildman–Crippen MR) is 126 cm³/mol. The van der Waals surface area contributed by atoms with Gasteiger partial charge in [-0.2, -0.15) is 0 Å². The number of nitrogens with zero attached hydrogens (tertiary/aromatic N) is 2. The lowest BCUT2D eigenvalue weighted by Gasteiger charge is -2.34. The molecule has 0 spiro atoms. The third-order valence-corrected chi connectivity index (χ3v) is 6.32. The summed E-state index contributed by atoms with van der Waals surface area (Å²) in [5, 5.41) is 8.04. The predicted octanol–water partition coefficient (Wildman–Crippen LogP) is 3.48. The Morgan fingerprint density at radius 3 is 2.75 bits per heavy atom. The summed E-state index contributed by atoms with van der Waals surface area (Å²) >= 11 is 6.12. The van der Waals surface area contributed by atoms with Gasteiger partial charge in [-0.05, 0) is 49.3 Å². The summed E-state index contributed by atoms with van der Waals surface area (Å²) in [6, 6.07) is 9.18. The van der Waals surface area contributed by atoms with E-state index in [0.717, 1.165) is 36.5 Å². The molecular weight excluding hydrogens is 487 g/mol. The number of piperidine rings is 1. The highest BCUT2D eigenvalue weighted by Gasteiger charge is 2.39. The van der Waals surface area contributed by atoms with Gasteiger partial charge in [-0.3, -0.25) is 4.99 Å². The molecule has 1 saturated carbocycles. The second-order valence-corrected chi connectivity index (χ2v) is 8.61. The molecular formula is C21H32ClIN4O. The van der Waals surface area contributed by atoms with Crippen LogP contribution in [0.5, 0.6) is 0 Å². The fourth-order valence-electron chi connectivity index (χ4n) is 4.35. The first-order valence-electron chi connectivity index (χ1n) is 10.3. The molecule has 0 amide bonds. The van der Waals surface area contributed by atoms with Gasteiger partial charge in [0.25, 0.3) is 0 Å². The fourth-order valence-corrected chi connectivity index (χ4v) is 4.55. The van der Waals surface area contributed by atoms with E-state index in [1.165, 1.54) is 44.5 Å². The van der Waals surface area contributed by atoms with E-state index in [1.807, 2.05) is 19.2 Å². The van der Waals surface area contributed by atoms with Crippen molar-refractivity contribution in [3.63, 3.8) is 0 Å². The first-order valence-corrected chi connectivity index (χ1v) is 10.6. The molecule has 0 bridgehead atoms. The highest BCUT2D eigenvalue weighted by Crippen LogP contribution is 2.41. The molecule has 156 valence electrons. The third-order valence-electron chi connectivity index (χ3n) is 6.08. The van der Waals surface area contributed by atoms with E-state index < -0.39 is 0 Å². The Morgan fingerprint density at radius 2 is 2.07 bits per heavy atom. The Hall–Kier alpha value is -0.570. The Balaban J connectivity index is 0.00000225. The smallest absolute Gasteiger partial charge is 0.191 e. The molecule has 1 aliphatic carbocycles. The summed E-state index contributed by atoms with van der Waals surface area (Å²) in [5.74, 6) is 2.21. The molecule has 5 nitrogen and oxygen atoms in total. The molecule has 0 aromatic heterocycles. The van der Waals surface area contributed by atoms with Crippen molar-refractivity contribution in [2.45, 2.75) is 43.7 Å². The van der Waals surface area contributed by atoms with Crippen molar-refractivity contribution in [3.05, 3.63) is 34.9 Å². The lowest BCUT2D eigenvalue weighted by atomic mass is 10.0. The third kappa shape index (κ3) is 5.97. The summed E-state index contributed by atoms with van der Waals surface area (Å²) in [6.07, 6.45) is 4.72. The number of likely N-dealkylation sites (tertiary alicyclic amines) is 1. The van der Waals surface area contributed by atoms with Crippen molar-refractivity contribution in [1.82, 2.24) is 15.5 Å². The quantitative estimate of drug-likeness (QED) is 0.356.